The highest BCUT2D eigenvalue weighted by Crippen LogP contribution is 1.90. The summed E-state index contributed by atoms with van der Waals surface area (Å²) in [6, 6.07) is 0. The van der Waals surface area contributed by atoms with Gasteiger partial charge in [0.2, 0.25) is 0 Å². The average Bonchev–Trinajstić information content (AvgIpc) is 1.67. The summed E-state index contributed by atoms with van der Waals surface area (Å²) in [7, 11) is 3.72. The lowest BCUT2D eigenvalue weighted by molar-refractivity contribution is 0.321. The van der Waals surface area contributed by atoms with E-state index in [4.69, 9.17) is 5.53 Å². The Bertz CT molecular complexity index is 103. The molecule has 4 nitrogen and oxygen atoms in total. The maximum atomic E-state index is 7.92. The zero-order valence-electron chi connectivity index (χ0n) is 5.37. The Morgan fingerprint density at radius 1 is 1.62 bits per heavy atom. The Morgan fingerprint density at radius 3 is 2.25 bits per heavy atom. The molecule has 0 saturated carbocycles. The summed E-state index contributed by atoms with van der Waals surface area (Å²) < 4.78 is 0. The molecule has 8 heavy (non-hydrogen) atoms. The number of hydrogen-bond acceptors (Lipinski definition) is 2. The van der Waals surface area contributed by atoms with Crippen molar-refractivity contribution >= 4 is 0 Å². The fraction of sp³-hybridized carbons (Fsp3) is 1.00. The lowest BCUT2D eigenvalue weighted by atomic mass is 10.5. The summed E-state index contributed by atoms with van der Waals surface area (Å²) in [5.41, 5.74) is 7.92. The number of azide groups is 1. The van der Waals surface area contributed by atoms with E-state index < -0.39 is 0 Å². The summed E-state index contributed by atoms with van der Waals surface area (Å²) in [5.74, 6) is 0. The van der Waals surface area contributed by atoms with Gasteiger partial charge in [-0.2, -0.15) is 0 Å². The molecule has 0 aromatic rings. The molecule has 0 heterocycles. The smallest absolute Gasteiger partial charge is 0.0853 e. The van der Waals surface area contributed by atoms with Crippen molar-refractivity contribution in [2.75, 3.05) is 14.1 Å². The highest BCUT2D eigenvalue weighted by molar-refractivity contribution is 4.55. The van der Waals surface area contributed by atoms with Crippen molar-refractivity contribution in [2.45, 2.75) is 13.1 Å². The van der Waals surface area contributed by atoms with E-state index in [0.717, 1.165) is 0 Å². The second kappa shape index (κ2) is 3.29. The lowest BCUT2D eigenvalue weighted by Crippen LogP contribution is -2.21. The SMILES string of the molecule is CC(N=[N+]=[N-])N(C)C. The minimum atomic E-state index is -0.0417. The molecule has 1 atom stereocenters. The molecule has 0 saturated heterocycles. The first-order valence-electron chi connectivity index (χ1n) is 2.39. The van der Waals surface area contributed by atoms with E-state index in [1.807, 2.05) is 25.9 Å². The largest absolute Gasteiger partial charge is 0.301 e. The van der Waals surface area contributed by atoms with Crippen molar-refractivity contribution in [3.8, 4) is 0 Å². The molecule has 0 fully saturated rings. The van der Waals surface area contributed by atoms with Crippen LogP contribution in [0.1, 0.15) is 6.92 Å². The van der Waals surface area contributed by atoms with Gasteiger partial charge in [-0.25, -0.2) is 0 Å². The molecule has 0 aliphatic carbocycles. The van der Waals surface area contributed by atoms with E-state index in [2.05, 4.69) is 10.0 Å². The van der Waals surface area contributed by atoms with Crippen LogP contribution in [0.4, 0.5) is 0 Å². The Labute approximate surface area is 48.7 Å². The average molecular weight is 114 g/mol. The number of rotatable bonds is 2. The Hall–Kier alpha value is -0.730. The fourth-order valence-corrected chi connectivity index (χ4v) is 0.178. The van der Waals surface area contributed by atoms with Crippen LogP contribution in [0, 0.1) is 0 Å². The van der Waals surface area contributed by atoms with E-state index in [1.165, 1.54) is 0 Å². The molecule has 0 radical (unpaired) electrons. The van der Waals surface area contributed by atoms with Gasteiger partial charge >= 0.3 is 0 Å². The highest BCUT2D eigenvalue weighted by Gasteiger charge is 1.96. The standard InChI is InChI=1S/C4H10N4/c1-4(6-7-5)8(2)3/h4H,1-3H3. The van der Waals surface area contributed by atoms with Gasteiger partial charge in [-0.1, -0.05) is 5.11 Å². The van der Waals surface area contributed by atoms with E-state index in [9.17, 15) is 0 Å². The first kappa shape index (κ1) is 7.27. The molecular formula is C4H10N4. The molecule has 0 bridgehead atoms. The normalized spacial score (nSPS) is 13.0. The van der Waals surface area contributed by atoms with Crippen molar-refractivity contribution in [3.63, 3.8) is 0 Å². The molecule has 0 N–H and O–H groups in total. The first-order chi connectivity index (χ1) is 3.68. The molecule has 0 amide bonds. The Kier molecular flexibility index (Phi) is 2.99. The van der Waals surface area contributed by atoms with Gasteiger partial charge in [-0.05, 0) is 26.6 Å². The minimum Gasteiger partial charge on any atom is -0.301 e. The fourth-order valence-electron chi connectivity index (χ4n) is 0.178. The van der Waals surface area contributed by atoms with Crippen molar-refractivity contribution < 1.29 is 0 Å². The van der Waals surface area contributed by atoms with Crippen LogP contribution in [0.2, 0.25) is 0 Å². The summed E-state index contributed by atoms with van der Waals surface area (Å²) in [4.78, 5) is 4.47. The van der Waals surface area contributed by atoms with Crippen molar-refractivity contribution in [1.82, 2.24) is 4.90 Å². The molecule has 0 aromatic heterocycles. The van der Waals surface area contributed by atoms with Crippen LogP contribution < -0.4 is 0 Å². The van der Waals surface area contributed by atoms with Gasteiger partial charge in [-0.3, -0.25) is 0 Å². The second-order valence-corrected chi connectivity index (χ2v) is 1.80. The maximum Gasteiger partial charge on any atom is 0.0853 e. The molecule has 1 unspecified atom stereocenters. The van der Waals surface area contributed by atoms with Crippen LogP contribution in [-0.4, -0.2) is 25.2 Å². The summed E-state index contributed by atoms with van der Waals surface area (Å²) in [5, 5.41) is 3.43. The summed E-state index contributed by atoms with van der Waals surface area (Å²) in [6.07, 6.45) is -0.0417. The van der Waals surface area contributed by atoms with Crippen LogP contribution in [0.15, 0.2) is 5.11 Å². The summed E-state index contributed by atoms with van der Waals surface area (Å²) >= 11 is 0. The molecule has 4 heteroatoms. The molecule has 46 valence electrons. The summed E-state index contributed by atoms with van der Waals surface area (Å²) in [6.45, 7) is 1.83. The lowest BCUT2D eigenvalue weighted by Gasteiger charge is -2.12. The number of nitrogens with zero attached hydrogens (tertiary/aromatic N) is 4. The van der Waals surface area contributed by atoms with Crippen molar-refractivity contribution in [1.29, 1.82) is 0 Å². The quantitative estimate of drug-likeness (QED) is 0.302. The monoisotopic (exact) mass is 114 g/mol. The predicted octanol–water partition coefficient (Wildman–Crippen LogP) is 1.20. The topological polar surface area (TPSA) is 52.0 Å². The second-order valence-electron chi connectivity index (χ2n) is 1.80. The van der Waals surface area contributed by atoms with Crippen LogP contribution in [0.3, 0.4) is 0 Å². The third-order valence-electron chi connectivity index (χ3n) is 0.966. The van der Waals surface area contributed by atoms with Gasteiger partial charge in [0.25, 0.3) is 0 Å². The van der Waals surface area contributed by atoms with Gasteiger partial charge < -0.3 is 4.90 Å². The third kappa shape index (κ3) is 2.44. The van der Waals surface area contributed by atoms with Gasteiger partial charge in [0, 0.05) is 4.91 Å². The van der Waals surface area contributed by atoms with E-state index in [0.29, 0.717) is 0 Å². The highest BCUT2D eigenvalue weighted by atomic mass is 15.3. The van der Waals surface area contributed by atoms with Crippen LogP contribution in [0.25, 0.3) is 10.4 Å². The van der Waals surface area contributed by atoms with Crippen LogP contribution in [-0.2, 0) is 0 Å². The van der Waals surface area contributed by atoms with Gasteiger partial charge in [0.1, 0.15) is 0 Å². The number of hydrogen-bond donors (Lipinski definition) is 0. The first-order valence-corrected chi connectivity index (χ1v) is 2.39. The predicted molar refractivity (Wildman–Crippen MR) is 32.3 cm³/mol. The van der Waals surface area contributed by atoms with E-state index >= 15 is 0 Å². The van der Waals surface area contributed by atoms with Crippen molar-refractivity contribution in [3.05, 3.63) is 10.4 Å². The van der Waals surface area contributed by atoms with Gasteiger partial charge in [0.15, 0.2) is 0 Å². The van der Waals surface area contributed by atoms with Crippen LogP contribution >= 0.6 is 0 Å². The molecule has 0 aliphatic heterocycles. The third-order valence-corrected chi connectivity index (χ3v) is 0.966. The van der Waals surface area contributed by atoms with Crippen molar-refractivity contribution in [2.24, 2.45) is 5.11 Å². The molecule has 0 spiro atoms. The van der Waals surface area contributed by atoms with Gasteiger partial charge in [0.05, 0.1) is 6.17 Å². The molecular weight excluding hydrogens is 104 g/mol. The van der Waals surface area contributed by atoms with E-state index in [1.54, 1.807) is 0 Å². The van der Waals surface area contributed by atoms with Crippen LogP contribution in [0.5, 0.6) is 0 Å². The van der Waals surface area contributed by atoms with Gasteiger partial charge in [-0.15, -0.1) is 0 Å². The minimum absolute atomic E-state index is 0.0417. The zero-order valence-corrected chi connectivity index (χ0v) is 5.37. The Balaban J connectivity index is 3.63. The molecule has 0 rings (SSSR count). The zero-order chi connectivity index (χ0) is 6.57. The molecule has 0 aromatic carbocycles. The Morgan fingerprint density at radius 2 is 2.12 bits per heavy atom. The van der Waals surface area contributed by atoms with E-state index in [-0.39, 0.29) is 6.17 Å². The molecule has 0 aliphatic rings. The maximum absolute atomic E-state index is 7.92.